The average Bonchev–Trinajstić information content (AvgIpc) is 2.71. The van der Waals surface area contributed by atoms with Crippen molar-refractivity contribution in [3.63, 3.8) is 0 Å². The molecule has 0 aliphatic heterocycles. The lowest BCUT2D eigenvalue weighted by molar-refractivity contribution is -0.137. The van der Waals surface area contributed by atoms with Gasteiger partial charge in [-0.15, -0.1) is 0 Å². The highest BCUT2D eigenvalue weighted by molar-refractivity contribution is 6.31. The average molecular weight is 469 g/mol. The molecule has 1 aromatic heterocycles. The van der Waals surface area contributed by atoms with Gasteiger partial charge >= 0.3 is 12.2 Å². The SMILES string of the molecule is O=CNc1cc(Oc2ccc(NC(=O)Nc3ccc(Cl)c(C(F)(F)F)c3)c(F)c2)ccn1. The van der Waals surface area contributed by atoms with Gasteiger partial charge in [0.25, 0.3) is 0 Å². The summed E-state index contributed by atoms with van der Waals surface area (Å²) in [4.78, 5) is 26.4. The maximum atomic E-state index is 14.4. The number of urea groups is 1. The summed E-state index contributed by atoms with van der Waals surface area (Å²) in [7, 11) is 0. The molecule has 0 bridgehead atoms. The predicted octanol–water partition coefficient (Wildman–Crippen LogP) is 5.90. The van der Waals surface area contributed by atoms with Crippen LogP contribution in [-0.4, -0.2) is 17.4 Å². The van der Waals surface area contributed by atoms with E-state index >= 15 is 0 Å². The zero-order valence-corrected chi connectivity index (χ0v) is 16.6. The van der Waals surface area contributed by atoms with Crippen molar-refractivity contribution in [3.8, 4) is 11.5 Å². The summed E-state index contributed by atoms with van der Waals surface area (Å²) in [6, 6.07) is 8.31. The largest absolute Gasteiger partial charge is 0.457 e. The van der Waals surface area contributed by atoms with E-state index in [9.17, 15) is 27.2 Å². The van der Waals surface area contributed by atoms with Gasteiger partial charge < -0.3 is 20.7 Å². The Morgan fingerprint density at radius 3 is 2.47 bits per heavy atom. The number of anilines is 3. The second kappa shape index (κ2) is 9.52. The van der Waals surface area contributed by atoms with Crippen LogP contribution in [0.15, 0.2) is 54.7 Å². The van der Waals surface area contributed by atoms with E-state index in [0.29, 0.717) is 12.5 Å². The van der Waals surface area contributed by atoms with Gasteiger partial charge in [0.2, 0.25) is 6.41 Å². The van der Waals surface area contributed by atoms with Crippen LogP contribution in [0, 0.1) is 5.82 Å². The molecule has 3 rings (SSSR count). The Morgan fingerprint density at radius 1 is 1.03 bits per heavy atom. The first kappa shape index (κ1) is 22.8. The van der Waals surface area contributed by atoms with Crippen LogP contribution in [0.1, 0.15) is 5.56 Å². The fraction of sp³-hybridized carbons (Fsp3) is 0.0500. The molecule has 0 saturated carbocycles. The normalized spacial score (nSPS) is 10.9. The third-order valence-corrected chi connectivity index (χ3v) is 4.22. The number of hydrogen-bond donors (Lipinski definition) is 3. The maximum absolute atomic E-state index is 14.4. The highest BCUT2D eigenvalue weighted by Gasteiger charge is 2.33. The monoisotopic (exact) mass is 468 g/mol. The van der Waals surface area contributed by atoms with Crippen molar-refractivity contribution in [2.24, 2.45) is 0 Å². The lowest BCUT2D eigenvalue weighted by Crippen LogP contribution is -2.20. The van der Waals surface area contributed by atoms with Crippen molar-refractivity contribution in [1.82, 2.24) is 4.98 Å². The Labute approximate surface area is 183 Å². The Kier molecular flexibility index (Phi) is 6.79. The number of alkyl halides is 3. The molecular formula is C20H13ClF4N4O3. The van der Waals surface area contributed by atoms with Gasteiger partial charge in [-0.1, -0.05) is 11.6 Å². The van der Waals surface area contributed by atoms with E-state index in [4.69, 9.17) is 16.3 Å². The molecule has 0 spiro atoms. The van der Waals surface area contributed by atoms with Crippen LogP contribution in [0.2, 0.25) is 5.02 Å². The fourth-order valence-corrected chi connectivity index (χ4v) is 2.74. The molecule has 7 nitrogen and oxygen atoms in total. The number of nitrogens with one attached hydrogen (secondary N) is 3. The van der Waals surface area contributed by atoms with Gasteiger partial charge in [0, 0.05) is 24.0 Å². The molecule has 12 heteroatoms. The standard InChI is InChI=1S/C20H13ClF4N4O3/c21-15-3-1-11(7-14(15)20(23,24)25)28-19(31)29-17-4-2-12(8-16(17)22)32-13-5-6-26-18(9-13)27-10-30/h1-10H,(H,26,27,30)(H2,28,29,31). The van der Waals surface area contributed by atoms with Crippen molar-refractivity contribution < 1.29 is 31.9 Å². The van der Waals surface area contributed by atoms with Crippen LogP contribution in [0.4, 0.5) is 39.5 Å². The number of pyridine rings is 1. The highest BCUT2D eigenvalue weighted by atomic mass is 35.5. The van der Waals surface area contributed by atoms with Crippen molar-refractivity contribution in [2.75, 3.05) is 16.0 Å². The molecule has 0 aliphatic carbocycles. The molecule has 3 amide bonds. The molecule has 2 aromatic carbocycles. The number of hydrogen-bond acceptors (Lipinski definition) is 4. The summed E-state index contributed by atoms with van der Waals surface area (Å²) < 4.78 is 58.6. The molecule has 166 valence electrons. The third-order valence-electron chi connectivity index (χ3n) is 3.89. The van der Waals surface area contributed by atoms with Crippen LogP contribution < -0.4 is 20.7 Å². The van der Waals surface area contributed by atoms with Crippen LogP contribution in [0.5, 0.6) is 11.5 Å². The first-order valence-corrected chi connectivity index (χ1v) is 9.12. The predicted molar refractivity (Wildman–Crippen MR) is 109 cm³/mol. The third kappa shape index (κ3) is 5.85. The fourth-order valence-electron chi connectivity index (χ4n) is 2.52. The number of amides is 3. The first-order valence-electron chi connectivity index (χ1n) is 8.74. The molecule has 0 aliphatic rings. The molecule has 0 atom stereocenters. The highest BCUT2D eigenvalue weighted by Crippen LogP contribution is 2.36. The van der Waals surface area contributed by atoms with E-state index in [-0.39, 0.29) is 28.7 Å². The molecular weight excluding hydrogens is 456 g/mol. The Balaban J connectivity index is 1.67. The quantitative estimate of drug-likeness (QED) is 0.310. The molecule has 1 heterocycles. The molecule has 0 fully saturated rings. The van der Waals surface area contributed by atoms with Crippen LogP contribution in [0.3, 0.4) is 0 Å². The smallest absolute Gasteiger partial charge is 0.417 e. The van der Waals surface area contributed by atoms with Crippen molar-refractivity contribution in [2.45, 2.75) is 6.18 Å². The molecule has 0 unspecified atom stereocenters. The Morgan fingerprint density at radius 2 is 1.78 bits per heavy atom. The summed E-state index contributed by atoms with van der Waals surface area (Å²) in [5.41, 5.74) is -1.54. The lowest BCUT2D eigenvalue weighted by Gasteiger charge is -2.13. The Hall–Kier alpha value is -3.86. The maximum Gasteiger partial charge on any atom is 0.417 e. The Bertz CT molecular complexity index is 1160. The van der Waals surface area contributed by atoms with E-state index in [2.05, 4.69) is 20.9 Å². The van der Waals surface area contributed by atoms with Crippen molar-refractivity contribution >= 4 is 41.2 Å². The van der Waals surface area contributed by atoms with Gasteiger partial charge in [-0.05, 0) is 36.4 Å². The molecule has 32 heavy (non-hydrogen) atoms. The van der Waals surface area contributed by atoms with Gasteiger partial charge in [0.15, 0.2) is 0 Å². The minimum atomic E-state index is -4.70. The van der Waals surface area contributed by atoms with Crippen LogP contribution in [0.25, 0.3) is 0 Å². The minimum Gasteiger partial charge on any atom is -0.457 e. The van der Waals surface area contributed by atoms with Gasteiger partial charge in [-0.2, -0.15) is 13.2 Å². The summed E-state index contributed by atoms with van der Waals surface area (Å²) >= 11 is 5.53. The zero-order chi connectivity index (χ0) is 23.3. The first-order chi connectivity index (χ1) is 15.2. The topological polar surface area (TPSA) is 92.4 Å². The second-order valence-electron chi connectivity index (χ2n) is 6.15. The number of nitrogens with zero attached hydrogens (tertiary/aromatic N) is 1. The molecule has 0 radical (unpaired) electrons. The summed E-state index contributed by atoms with van der Waals surface area (Å²) in [5.74, 6) is -0.275. The van der Waals surface area contributed by atoms with E-state index in [1.54, 1.807) is 0 Å². The number of carbonyl (C=O) groups is 2. The summed E-state index contributed by atoms with van der Waals surface area (Å²) in [6.07, 6.45) is -2.89. The summed E-state index contributed by atoms with van der Waals surface area (Å²) in [5, 5.41) is 6.20. The molecule has 3 N–H and O–H groups in total. The zero-order valence-electron chi connectivity index (χ0n) is 15.8. The summed E-state index contributed by atoms with van der Waals surface area (Å²) in [6.45, 7) is 0. The number of ether oxygens (including phenoxy) is 1. The number of benzene rings is 2. The van der Waals surface area contributed by atoms with Gasteiger partial charge in [0.05, 0.1) is 16.3 Å². The van der Waals surface area contributed by atoms with E-state index < -0.39 is 28.6 Å². The minimum absolute atomic E-state index is 0.0873. The van der Waals surface area contributed by atoms with Crippen molar-refractivity contribution in [3.05, 3.63) is 71.1 Å². The number of halogens is 5. The van der Waals surface area contributed by atoms with E-state index in [0.717, 1.165) is 12.1 Å². The number of aromatic nitrogens is 1. The number of rotatable bonds is 6. The van der Waals surface area contributed by atoms with Gasteiger partial charge in [-0.25, -0.2) is 14.2 Å². The van der Waals surface area contributed by atoms with Crippen LogP contribution >= 0.6 is 11.6 Å². The van der Waals surface area contributed by atoms with E-state index in [1.165, 1.54) is 36.5 Å². The van der Waals surface area contributed by atoms with E-state index in [1.807, 2.05) is 0 Å². The van der Waals surface area contributed by atoms with Gasteiger partial charge in [0.1, 0.15) is 23.1 Å². The number of carbonyl (C=O) groups excluding carboxylic acids is 2. The van der Waals surface area contributed by atoms with Crippen LogP contribution in [-0.2, 0) is 11.0 Å². The lowest BCUT2D eigenvalue weighted by atomic mass is 10.2. The second-order valence-corrected chi connectivity index (χ2v) is 6.56. The molecule has 0 saturated heterocycles. The molecule has 3 aromatic rings. The van der Waals surface area contributed by atoms with Crippen molar-refractivity contribution in [1.29, 1.82) is 0 Å². The van der Waals surface area contributed by atoms with Gasteiger partial charge in [-0.3, -0.25) is 4.79 Å².